The molecule has 0 bridgehead atoms. The van der Waals surface area contributed by atoms with Gasteiger partial charge in [0.05, 0.1) is 0 Å². The number of aliphatic hydroxyl groups excluding tert-OH is 1. The number of rotatable bonds is 6. The second kappa shape index (κ2) is 7.96. The number of aliphatic hydroxyl groups is 1. The highest BCUT2D eigenvalue weighted by atomic mass is 79.9. The highest BCUT2D eigenvalue weighted by Crippen LogP contribution is 2.13. The smallest absolute Gasteiger partial charge is 0.251 e. The van der Waals surface area contributed by atoms with Crippen LogP contribution in [-0.2, 0) is 0 Å². The molecule has 0 spiro atoms. The summed E-state index contributed by atoms with van der Waals surface area (Å²) in [6.45, 7) is 2.24. The van der Waals surface area contributed by atoms with Crippen molar-refractivity contribution < 1.29 is 14.6 Å². The van der Waals surface area contributed by atoms with Crippen LogP contribution in [0.25, 0.3) is 0 Å². The van der Waals surface area contributed by atoms with Crippen molar-refractivity contribution in [2.24, 2.45) is 0 Å². The number of hydrogen-bond acceptors (Lipinski definition) is 3. The number of aryl methyl sites for hydroxylation is 1. The first-order valence-corrected chi connectivity index (χ1v) is 7.75. The molecule has 5 heteroatoms. The quantitative estimate of drug-likeness (QED) is 0.829. The summed E-state index contributed by atoms with van der Waals surface area (Å²) in [6.07, 6.45) is -0.767. The average Bonchev–Trinajstić information content (AvgIpc) is 2.50. The van der Waals surface area contributed by atoms with Gasteiger partial charge in [0.2, 0.25) is 0 Å². The lowest BCUT2D eigenvalue weighted by Gasteiger charge is -2.13. The molecule has 2 aromatic rings. The Hall–Kier alpha value is -1.85. The third-order valence-electron chi connectivity index (χ3n) is 3.02. The summed E-state index contributed by atoms with van der Waals surface area (Å²) in [7, 11) is 0. The second-order valence-corrected chi connectivity index (χ2v) is 5.92. The van der Waals surface area contributed by atoms with Crippen molar-refractivity contribution in [1.29, 1.82) is 0 Å². The van der Waals surface area contributed by atoms with Crippen LogP contribution in [0, 0.1) is 6.92 Å². The molecule has 0 aliphatic heterocycles. The van der Waals surface area contributed by atoms with Crippen LogP contribution in [0.2, 0.25) is 0 Å². The second-order valence-electron chi connectivity index (χ2n) is 5.00. The third kappa shape index (κ3) is 5.16. The normalized spacial score (nSPS) is 11.8. The summed E-state index contributed by atoms with van der Waals surface area (Å²) in [5, 5.41) is 12.6. The third-order valence-corrected chi connectivity index (χ3v) is 3.51. The van der Waals surface area contributed by atoms with Crippen molar-refractivity contribution in [3.8, 4) is 5.75 Å². The zero-order chi connectivity index (χ0) is 15.9. The Morgan fingerprint density at radius 2 is 2.05 bits per heavy atom. The van der Waals surface area contributed by atoms with Gasteiger partial charge in [-0.15, -0.1) is 0 Å². The zero-order valence-electron chi connectivity index (χ0n) is 12.3. The summed E-state index contributed by atoms with van der Waals surface area (Å²) < 4.78 is 6.33. The molecule has 0 radical (unpaired) electrons. The Balaban J connectivity index is 1.78. The van der Waals surface area contributed by atoms with E-state index in [0.29, 0.717) is 11.3 Å². The van der Waals surface area contributed by atoms with Crippen molar-refractivity contribution in [3.05, 3.63) is 64.1 Å². The van der Waals surface area contributed by atoms with Crippen molar-refractivity contribution in [1.82, 2.24) is 5.32 Å². The van der Waals surface area contributed by atoms with Gasteiger partial charge in [0.25, 0.3) is 5.91 Å². The predicted molar refractivity (Wildman–Crippen MR) is 89.2 cm³/mol. The van der Waals surface area contributed by atoms with E-state index in [4.69, 9.17) is 4.74 Å². The molecular weight excluding hydrogens is 346 g/mol. The molecule has 0 fully saturated rings. The molecule has 1 amide bonds. The standard InChI is InChI=1S/C17H18BrNO3/c1-12-4-2-7-16(8-12)22-11-15(20)10-19-17(21)13-5-3-6-14(18)9-13/h2-9,15,20H,10-11H2,1H3,(H,19,21). The minimum atomic E-state index is -0.767. The zero-order valence-corrected chi connectivity index (χ0v) is 13.8. The minimum absolute atomic E-state index is 0.127. The summed E-state index contributed by atoms with van der Waals surface area (Å²) in [5.74, 6) is 0.480. The van der Waals surface area contributed by atoms with Crippen molar-refractivity contribution >= 4 is 21.8 Å². The Bertz CT molecular complexity index is 645. The van der Waals surface area contributed by atoms with Crippen LogP contribution in [-0.4, -0.2) is 30.3 Å². The van der Waals surface area contributed by atoms with Crippen molar-refractivity contribution in [2.75, 3.05) is 13.2 Å². The molecule has 0 aliphatic carbocycles. The molecule has 0 aliphatic rings. The molecule has 2 N–H and O–H groups in total. The van der Waals surface area contributed by atoms with Gasteiger partial charge in [-0.25, -0.2) is 0 Å². The predicted octanol–water partition coefficient (Wildman–Crippen LogP) is 2.93. The van der Waals surface area contributed by atoms with Gasteiger partial charge >= 0.3 is 0 Å². The minimum Gasteiger partial charge on any atom is -0.491 e. The van der Waals surface area contributed by atoms with E-state index in [2.05, 4.69) is 21.2 Å². The van der Waals surface area contributed by atoms with Crippen LogP contribution in [0.4, 0.5) is 0 Å². The van der Waals surface area contributed by atoms with E-state index >= 15 is 0 Å². The number of amides is 1. The SMILES string of the molecule is Cc1cccc(OCC(O)CNC(=O)c2cccc(Br)c2)c1. The Morgan fingerprint density at radius 3 is 2.77 bits per heavy atom. The van der Waals surface area contributed by atoms with E-state index in [-0.39, 0.29) is 19.1 Å². The Kier molecular flexibility index (Phi) is 5.98. The number of benzene rings is 2. The maximum absolute atomic E-state index is 11.9. The molecule has 4 nitrogen and oxygen atoms in total. The number of carbonyl (C=O) groups excluding carboxylic acids is 1. The van der Waals surface area contributed by atoms with Gasteiger partial charge in [0.1, 0.15) is 18.5 Å². The number of ether oxygens (including phenoxy) is 1. The van der Waals surface area contributed by atoms with Crippen LogP contribution in [0.15, 0.2) is 53.0 Å². The van der Waals surface area contributed by atoms with Crippen LogP contribution in [0.1, 0.15) is 15.9 Å². The summed E-state index contributed by atoms with van der Waals surface area (Å²) >= 11 is 3.32. The monoisotopic (exact) mass is 363 g/mol. The van der Waals surface area contributed by atoms with Crippen LogP contribution in [0.5, 0.6) is 5.75 Å². The molecular formula is C17H18BrNO3. The first-order chi connectivity index (χ1) is 10.5. The van der Waals surface area contributed by atoms with Crippen LogP contribution in [0.3, 0.4) is 0 Å². The van der Waals surface area contributed by atoms with E-state index in [9.17, 15) is 9.90 Å². The van der Waals surface area contributed by atoms with Gasteiger partial charge in [0.15, 0.2) is 0 Å². The summed E-state index contributed by atoms with van der Waals surface area (Å²) in [4.78, 5) is 11.9. The Labute approximate surface area is 138 Å². The molecule has 1 unspecified atom stereocenters. The number of hydrogen-bond donors (Lipinski definition) is 2. The molecule has 2 rings (SSSR count). The fraction of sp³-hybridized carbons (Fsp3) is 0.235. The molecule has 2 aromatic carbocycles. The van der Waals surface area contributed by atoms with E-state index in [1.54, 1.807) is 18.2 Å². The first kappa shape index (κ1) is 16.5. The Morgan fingerprint density at radius 1 is 1.27 bits per heavy atom. The maximum atomic E-state index is 11.9. The fourth-order valence-corrected chi connectivity index (χ4v) is 2.30. The lowest BCUT2D eigenvalue weighted by atomic mass is 10.2. The topological polar surface area (TPSA) is 58.6 Å². The lowest BCUT2D eigenvalue weighted by Crippen LogP contribution is -2.35. The van der Waals surface area contributed by atoms with E-state index in [1.807, 2.05) is 37.3 Å². The highest BCUT2D eigenvalue weighted by Gasteiger charge is 2.10. The fourth-order valence-electron chi connectivity index (χ4n) is 1.90. The average molecular weight is 364 g/mol. The van der Waals surface area contributed by atoms with Gasteiger partial charge < -0.3 is 15.2 Å². The van der Waals surface area contributed by atoms with Gasteiger partial charge in [-0.2, -0.15) is 0 Å². The lowest BCUT2D eigenvalue weighted by molar-refractivity contribution is 0.0843. The van der Waals surface area contributed by atoms with E-state index in [1.165, 1.54) is 0 Å². The highest BCUT2D eigenvalue weighted by molar-refractivity contribution is 9.10. The molecule has 22 heavy (non-hydrogen) atoms. The first-order valence-electron chi connectivity index (χ1n) is 6.96. The summed E-state index contributed by atoms with van der Waals surface area (Å²) in [6, 6.07) is 14.7. The number of nitrogens with one attached hydrogen (secondary N) is 1. The van der Waals surface area contributed by atoms with Gasteiger partial charge in [-0.05, 0) is 42.8 Å². The molecule has 0 saturated carbocycles. The van der Waals surface area contributed by atoms with Gasteiger partial charge in [-0.1, -0.05) is 34.1 Å². The largest absolute Gasteiger partial charge is 0.491 e. The van der Waals surface area contributed by atoms with Crippen molar-refractivity contribution in [2.45, 2.75) is 13.0 Å². The molecule has 0 heterocycles. The van der Waals surface area contributed by atoms with Gasteiger partial charge in [0, 0.05) is 16.6 Å². The summed E-state index contributed by atoms with van der Waals surface area (Å²) in [5.41, 5.74) is 1.64. The van der Waals surface area contributed by atoms with Crippen LogP contribution < -0.4 is 10.1 Å². The number of carbonyl (C=O) groups is 1. The van der Waals surface area contributed by atoms with Gasteiger partial charge in [-0.3, -0.25) is 4.79 Å². The van der Waals surface area contributed by atoms with E-state index in [0.717, 1.165) is 10.0 Å². The number of halogens is 1. The van der Waals surface area contributed by atoms with Crippen LogP contribution >= 0.6 is 15.9 Å². The molecule has 0 saturated heterocycles. The molecule has 116 valence electrons. The van der Waals surface area contributed by atoms with Crippen molar-refractivity contribution in [3.63, 3.8) is 0 Å². The van der Waals surface area contributed by atoms with E-state index < -0.39 is 6.10 Å². The maximum Gasteiger partial charge on any atom is 0.251 e. The molecule has 0 aromatic heterocycles. The molecule has 1 atom stereocenters.